The molecule has 2 saturated heterocycles. The fourth-order valence-electron chi connectivity index (χ4n) is 3.33. The van der Waals surface area contributed by atoms with E-state index in [1.165, 1.54) is 12.1 Å². The number of piperidine rings is 1. The van der Waals surface area contributed by atoms with Crippen LogP contribution in [0.3, 0.4) is 0 Å². The Balaban J connectivity index is 1.43. The molecule has 1 aromatic carbocycles. The van der Waals surface area contributed by atoms with Gasteiger partial charge in [-0.3, -0.25) is 10.1 Å². The lowest BCUT2D eigenvalue weighted by Crippen LogP contribution is -2.55. The molecule has 2 aliphatic heterocycles. The van der Waals surface area contributed by atoms with E-state index in [4.69, 9.17) is 19.9 Å². The first kappa shape index (κ1) is 19.0. The average molecular weight is 365 g/mol. The first-order valence-corrected chi connectivity index (χ1v) is 8.97. The number of hydrogen-bond donors (Lipinski definition) is 1. The van der Waals surface area contributed by atoms with Crippen molar-refractivity contribution < 1.29 is 19.1 Å². The topological polar surface area (TPSA) is 100 Å². The number of non-ortho nitro benzene ring substituents is 1. The third kappa shape index (κ3) is 4.70. The van der Waals surface area contributed by atoms with E-state index in [-0.39, 0.29) is 29.7 Å². The second-order valence-electron chi connectivity index (χ2n) is 7.44. The fraction of sp³-hybridized carbons (Fsp3) is 0.667. The van der Waals surface area contributed by atoms with Gasteiger partial charge in [-0.05, 0) is 45.0 Å². The lowest BCUT2D eigenvalue weighted by Gasteiger charge is -2.43. The molecule has 3 rings (SSSR count). The molecule has 0 spiro atoms. The number of nitrogens with zero attached hydrogens (tertiary/aromatic N) is 2. The summed E-state index contributed by atoms with van der Waals surface area (Å²) in [5, 5.41) is 10.7. The van der Waals surface area contributed by atoms with Gasteiger partial charge in [0, 0.05) is 37.7 Å². The molecular weight excluding hydrogens is 338 g/mol. The summed E-state index contributed by atoms with van der Waals surface area (Å²) < 4.78 is 17.1. The molecule has 0 saturated carbocycles. The molecule has 3 atom stereocenters. The number of nitrogens with two attached hydrogens (primary N) is 1. The minimum atomic E-state index is -0.434. The number of nitro groups is 1. The van der Waals surface area contributed by atoms with Crippen LogP contribution in [-0.4, -0.2) is 60.6 Å². The van der Waals surface area contributed by atoms with Crippen molar-refractivity contribution >= 4 is 5.69 Å². The number of ether oxygens (including phenoxy) is 3. The van der Waals surface area contributed by atoms with Gasteiger partial charge in [0.2, 0.25) is 6.29 Å². The van der Waals surface area contributed by atoms with E-state index in [1.807, 2.05) is 0 Å². The van der Waals surface area contributed by atoms with Crippen LogP contribution in [0.2, 0.25) is 0 Å². The Morgan fingerprint density at radius 1 is 1.38 bits per heavy atom. The van der Waals surface area contributed by atoms with E-state index in [1.54, 1.807) is 19.2 Å². The van der Waals surface area contributed by atoms with E-state index in [0.29, 0.717) is 5.75 Å². The predicted octanol–water partition coefficient (Wildman–Crippen LogP) is 1.92. The third-order valence-electron chi connectivity index (χ3n) is 5.22. The molecule has 2 heterocycles. The zero-order valence-corrected chi connectivity index (χ0v) is 15.3. The van der Waals surface area contributed by atoms with Crippen molar-refractivity contribution in [2.24, 2.45) is 5.73 Å². The summed E-state index contributed by atoms with van der Waals surface area (Å²) >= 11 is 0. The van der Waals surface area contributed by atoms with Gasteiger partial charge < -0.3 is 24.8 Å². The van der Waals surface area contributed by atoms with E-state index in [2.05, 4.69) is 11.8 Å². The third-order valence-corrected chi connectivity index (χ3v) is 5.22. The van der Waals surface area contributed by atoms with Gasteiger partial charge in [0.15, 0.2) is 0 Å². The van der Waals surface area contributed by atoms with Crippen LogP contribution in [0.1, 0.15) is 26.2 Å². The Bertz CT molecular complexity index is 606. The molecule has 2 N–H and O–H groups in total. The van der Waals surface area contributed by atoms with Gasteiger partial charge in [0.05, 0.1) is 17.1 Å². The van der Waals surface area contributed by atoms with Gasteiger partial charge in [-0.1, -0.05) is 0 Å². The van der Waals surface area contributed by atoms with Gasteiger partial charge in [0.25, 0.3) is 5.69 Å². The highest BCUT2D eigenvalue weighted by molar-refractivity contribution is 5.36. The molecule has 8 nitrogen and oxygen atoms in total. The molecule has 26 heavy (non-hydrogen) atoms. The van der Waals surface area contributed by atoms with Crippen molar-refractivity contribution in [1.82, 2.24) is 4.90 Å². The number of likely N-dealkylation sites (tertiary alicyclic amines) is 1. The van der Waals surface area contributed by atoms with Crippen molar-refractivity contribution in [2.75, 3.05) is 26.7 Å². The minimum Gasteiger partial charge on any atom is -0.465 e. The van der Waals surface area contributed by atoms with Gasteiger partial charge in [-0.2, -0.15) is 0 Å². The van der Waals surface area contributed by atoms with Crippen molar-refractivity contribution in [3.8, 4) is 5.75 Å². The van der Waals surface area contributed by atoms with Crippen LogP contribution in [0, 0.1) is 10.1 Å². The Labute approximate surface area is 153 Å². The lowest BCUT2D eigenvalue weighted by molar-refractivity contribution is -0.384. The number of hydrogen-bond acceptors (Lipinski definition) is 7. The second kappa shape index (κ2) is 7.87. The summed E-state index contributed by atoms with van der Waals surface area (Å²) in [4.78, 5) is 12.6. The van der Waals surface area contributed by atoms with Crippen LogP contribution >= 0.6 is 0 Å². The van der Waals surface area contributed by atoms with Crippen LogP contribution in [0.15, 0.2) is 24.3 Å². The van der Waals surface area contributed by atoms with Gasteiger partial charge in [-0.15, -0.1) is 0 Å². The van der Waals surface area contributed by atoms with Crippen molar-refractivity contribution in [1.29, 1.82) is 0 Å². The highest BCUT2D eigenvalue weighted by Gasteiger charge is 2.39. The molecule has 2 aliphatic rings. The Hall–Kier alpha value is -1.74. The molecule has 0 aromatic heterocycles. The van der Waals surface area contributed by atoms with Crippen LogP contribution in [-0.2, 0) is 9.47 Å². The first-order chi connectivity index (χ1) is 12.4. The second-order valence-corrected chi connectivity index (χ2v) is 7.44. The van der Waals surface area contributed by atoms with E-state index in [0.717, 1.165) is 38.9 Å². The molecule has 144 valence electrons. The maximum absolute atomic E-state index is 10.7. The van der Waals surface area contributed by atoms with Gasteiger partial charge in [0.1, 0.15) is 5.75 Å². The standard InChI is InChI=1S/C18H27N3O5/c1-18(19)7-9-20(10-8-18)12-16(24-2)15-11-17(26-15)25-14-5-3-13(4-6-14)21(22)23/h3-6,15-17H,7-12,19H2,1-2H3. The van der Waals surface area contributed by atoms with Crippen molar-refractivity contribution in [2.45, 2.75) is 50.2 Å². The molecule has 1 aromatic rings. The maximum atomic E-state index is 10.7. The predicted molar refractivity (Wildman–Crippen MR) is 96.1 cm³/mol. The number of benzene rings is 1. The maximum Gasteiger partial charge on any atom is 0.269 e. The summed E-state index contributed by atoms with van der Waals surface area (Å²) in [6.07, 6.45) is 2.36. The summed E-state index contributed by atoms with van der Waals surface area (Å²) in [7, 11) is 1.70. The Kier molecular flexibility index (Phi) is 5.76. The summed E-state index contributed by atoms with van der Waals surface area (Å²) in [5.74, 6) is 0.561. The molecular formula is C18H27N3O5. The first-order valence-electron chi connectivity index (χ1n) is 8.97. The zero-order chi connectivity index (χ0) is 18.7. The van der Waals surface area contributed by atoms with Crippen LogP contribution < -0.4 is 10.5 Å². The SMILES string of the molecule is COC(CN1CCC(C)(N)CC1)C1CC(Oc2ccc([N+](=O)[O-])cc2)O1. The molecule has 0 aliphatic carbocycles. The van der Waals surface area contributed by atoms with Gasteiger partial charge >= 0.3 is 0 Å². The highest BCUT2D eigenvalue weighted by atomic mass is 16.7. The molecule has 0 amide bonds. The molecule has 3 unspecified atom stereocenters. The highest BCUT2D eigenvalue weighted by Crippen LogP contribution is 2.29. The average Bonchev–Trinajstić information content (AvgIpc) is 2.58. The number of methoxy groups -OCH3 is 1. The summed E-state index contributed by atoms with van der Waals surface area (Å²) in [6, 6.07) is 6.01. The summed E-state index contributed by atoms with van der Waals surface area (Å²) in [6.45, 7) is 4.87. The molecule has 0 bridgehead atoms. The van der Waals surface area contributed by atoms with Crippen molar-refractivity contribution in [3.63, 3.8) is 0 Å². The van der Waals surface area contributed by atoms with Crippen LogP contribution in [0.5, 0.6) is 5.75 Å². The molecule has 8 heteroatoms. The van der Waals surface area contributed by atoms with Crippen LogP contribution in [0.4, 0.5) is 5.69 Å². The van der Waals surface area contributed by atoms with E-state index < -0.39 is 4.92 Å². The molecule has 0 radical (unpaired) electrons. The molecule has 2 fully saturated rings. The van der Waals surface area contributed by atoms with Crippen LogP contribution in [0.25, 0.3) is 0 Å². The summed E-state index contributed by atoms with van der Waals surface area (Å²) in [5.41, 5.74) is 6.16. The van der Waals surface area contributed by atoms with E-state index in [9.17, 15) is 10.1 Å². The zero-order valence-electron chi connectivity index (χ0n) is 15.3. The number of rotatable bonds is 7. The minimum absolute atomic E-state index is 0.00534. The Morgan fingerprint density at radius 2 is 2.00 bits per heavy atom. The van der Waals surface area contributed by atoms with Gasteiger partial charge in [-0.25, -0.2) is 0 Å². The quantitative estimate of drug-likeness (QED) is 0.582. The number of nitro benzene ring substituents is 1. The normalized spacial score (nSPS) is 26.7. The fourth-order valence-corrected chi connectivity index (χ4v) is 3.33. The van der Waals surface area contributed by atoms with E-state index >= 15 is 0 Å². The van der Waals surface area contributed by atoms with Crippen molar-refractivity contribution in [3.05, 3.63) is 34.4 Å². The smallest absolute Gasteiger partial charge is 0.269 e. The lowest BCUT2D eigenvalue weighted by atomic mass is 9.90. The monoisotopic (exact) mass is 365 g/mol. The largest absolute Gasteiger partial charge is 0.465 e. The Morgan fingerprint density at radius 3 is 2.54 bits per heavy atom.